The van der Waals surface area contributed by atoms with E-state index in [1.807, 2.05) is 6.92 Å². The monoisotopic (exact) mass is 308 g/mol. The topological polar surface area (TPSA) is 73.6 Å². The van der Waals surface area contributed by atoms with E-state index in [2.05, 4.69) is 12.2 Å². The summed E-state index contributed by atoms with van der Waals surface area (Å²) < 4.78 is 10.8. The fourth-order valence-electron chi connectivity index (χ4n) is 1.98. The van der Waals surface area contributed by atoms with Gasteiger partial charge in [-0.05, 0) is 38.0 Å². The van der Waals surface area contributed by atoms with Crippen LogP contribution in [0.2, 0.25) is 0 Å². The molecular weight excluding hydrogens is 280 g/mol. The molecule has 0 aliphatic heterocycles. The van der Waals surface area contributed by atoms with Gasteiger partial charge in [-0.25, -0.2) is 0 Å². The number of unbranched alkanes of at least 4 members (excludes halogenated alkanes) is 2. The number of nitrogens with two attached hydrogens (primary N) is 1. The van der Waals surface area contributed by atoms with E-state index in [-0.39, 0.29) is 5.91 Å². The molecule has 0 saturated carbocycles. The van der Waals surface area contributed by atoms with Crippen molar-refractivity contribution in [2.45, 2.75) is 39.5 Å². The van der Waals surface area contributed by atoms with Gasteiger partial charge in [0.05, 0.1) is 12.3 Å². The van der Waals surface area contributed by atoms with Crippen molar-refractivity contribution in [1.82, 2.24) is 5.32 Å². The average Bonchev–Trinajstić information content (AvgIpc) is 2.52. The first-order valence-corrected chi connectivity index (χ1v) is 8.07. The molecule has 0 aliphatic carbocycles. The van der Waals surface area contributed by atoms with Crippen LogP contribution in [0.1, 0.15) is 49.9 Å². The van der Waals surface area contributed by atoms with Gasteiger partial charge in [0.25, 0.3) is 5.91 Å². The number of rotatable bonds is 11. The second-order valence-corrected chi connectivity index (χ2v) is 5.11. The summed E-state index contributed by atoms with van der Waals surface area (Å²) in [5.41, 5.74) is 6.99. The zero-order valence-corrected chi connectivity index (χ0v) is 13.7. The van der Waals surface area contributed by atoms with Gasteiger partial charge in [-0.15, -0.1) is 0 Å². The van der Waals surface area contributed by atoms with Gasteiger partial charge in [-0.2, -0.15) is 0 Å². The molecule has 0 bridgehead atoms. The SMILES string of the molecule is CCCCCOc1ccc(C(=O)NCCCOCC)cc1N. The molecule has 1 aromatic carbocycles. The summed E-state index contributed by atoms with van der Waals surface area (Å²) >= 11 is 0. The number of hydrogen-bond donors (Lipinski definition) is 2. The highest BCUT2D eigenvalue weighted by atomic mass is 16.5. The number of hydrogen-bond acceptors (Lipinski definition) is 4. The second-order valence-electron chi connectivity index (χ2n) is 5.11. The van der Waals surface area contributed by atoms with Crippen LogP contribution in [0.5, 0.6) is 5.75 Å². The third-order valence-corrected chi connectivity index (χ3v) is 3.23. The van der Waals surface area contributed by atoms with Gasteiger partial charge in [0.1, 0.15) is 5.75 Å². The molecule has 0 aromatic heterocycles. The van der Waals surface area contributed by atoms with E-state index in [4.69, 9.17) is 15.2 Å². The van der Waals surface area contributed by atoms with Crippen molar-refractivity contribution in [3.63, 3.8) is 0 Å². The van der Waals surface area contributed by atoms with Crippen molar-refractivity contribution in [3.05, 3.63) is 23.8 Å². The van der Waals surface area contributed by atoms with Crippen molar-refractivity contribution < 1.29 is 14.3 Å². The third-order valence-electron chi connectivity index (χ3n) is 3.23. The Kier molecular flexibility index (Phi) is 9.07. The van der Waals surface area contributed by atoms with Crippen molar-refractivity contribution in [2.75, 3.05) is 32.1 Å². The fourth-order valence-corrected chi connectivity index (χ4v) is 1.98. The Hall–Kier alpha value is -1.75. The molecular formula is C17H28N2O3. The molecule has 0 radical (unpaired) electrons. The number of nitrogens with one attached hydrogen (secondary N) is 1. The van der Waals surface area contributed by atoms with Crippen molar-refractivity contribution in [1.29, 1.82) is 0 Å². The molecule has 0 unspecified atom stereocenters. The predicted molar refractivity (Wildman–Crippen MR) is 89.3 cm³/mol. The maximum atomic E-state index is 12.0. The lowest BCUT2D eigenvalue weighted by atomic mass is 10.1. The van der Waals surface area contributed by atoms with E-state index in [1.54, 1.807) is 18.2 Å². The Morgan fingerprint density at radius 3 is 2.68 bits per heavy atom. The van der Waals surface area contributed by atoms with E-state index in [1.165, 1.54) is 0 Å². The van der Waals surface area contributed by atoms with Crippen LogP contribution < -0.4 is 15.8 Å². The molecule has 0 aliphatic rings. The van der Waals surface area contributed by atoms with Gasteiger partial charge in [0.2, 0.25) is 0 Å². The van der Waals surface area contributed by atoms with Crippen LogP contribution in [0.3, 0.4) is 0 Å². The quantitative estimate of drug-likeness (QED) is 0.487. The Balaban J connectivity index is 2.41. The molecule has 0 saturated heterocycles. The van der Waals surface area contributed by atoms with E-state index in [0.717, 1.165) is 25.7 Å². The van der Waals surface area contributed by atoms with Gasteiger partial charge >= 0.3 is 0 Å². The van der Waals surface area contributed by atoms with Crippen LogP contribution in [-0.4, -0.2) is 32.3 Å². The zero-order chi connectivity index (χ0) is 16.2. The van der Waals surface area contributed by atoms with Gasteiger partial charge in [-0.1, -0.05) is 19.8 Å². The summed E-state index contributed by atoms with van der Waals surface area (Å²) in [5, 5.41) is 2.85. The van der Waals surface area contributed by atoms with Crippen molar-refractivity contribution in [3.8, 4) is 5.75 Å². The van der Waals surface area contributed by atoms with Crippen LogP contribution in [0.4, 0.5) is 5.69 Å². The molecule has 1 rings (SSSR count). The molecule has 124 valence electrons. The molecule has 0 fully saturated rings. The third kappa shape index (κ3) is 6.80. The summed E-state index contributed by atoms with van der Waals surface area (Å²) in [6, 6.07) is 5.16. The summed E-state index contributed by atoms with van der Waals surface area (Å²) in [6.45, 7) is 6.70. The Bertz CT molecular complexity index is 450. The first-order valence-electron chi connectivity index (χ1n) is 8.07. The Morgan fingerprint density at radius 2 is 2.00 bits per heavy atom. The van der Waals surface area contributed by atoms with Gasteiger partial charge in [0.15, 0.2) is 0 Å². The lowest BCUT2D eigenvalue weighted by molar-refractivity contribution is 0.0944. The number of anilines is 1. The minimum absolute atomic E-state index is 0.124. The number of carbonyl (C=O) groups is 1. The Labute approximate surface area is 133 Å². The normalized spacial score (nSPS) is 10.5. The Morgan fingerprint density at radius 1 is 1.18 bits per heavy atom. The minimum Gasteiger partial charge on any atom is -0.491 e. The molecule has 0 atom stereocenters. The van der Waals surface area contributed by atoms with E-state index in [9.17, 15) is 4.79 Å². The van der Waals surface area contributed by atoms with Crippen LogP contribution in [-0.2, 0) is 4.74 Å². The molecule has 5 nitrogen and oxygen atoms in total. The van der Waals surface area contributed by atoms with Crippen LogP contribution >= 0.6 is 0 Å². The maximum Gasteiger partial charge on any atom is 0.251 e. The molecule has 5 heteroatoms. The van der Waals surface area contributed by atoms with Crippen molar-refractivity contribution in [2.24, 2.45) is 0 Å². The average molecular weight is 308 g/mol. The van der Waals surface area contributed by atoms with Crippen LogP contribution in [0.15, 0.2) is 18.2 Å². The number of benzene rings is 1. The number of amides is 1. The largest absolute Gasteiger partial charge is 0.491 e. The second kappa shape index (κ2) is 10.9. The molecule has 1 aromatic rings. The summed E-state index contributed by atoms with van der Waals surface area (Å²) in [5.74, 6) is 0.518. The fraction of sp³-hybridized carbons (Fsp3) is 0.588. The molecule has 3 N–H and O–H groups in total. The van der Waals surface area contributed by atoms with Gasteiger partial charge < -0.3 is 20.5 Å². The maximum absolute atomic E-state index is 12.0. The number of ether oxygens (including phenoxy) is 2. The first kappa shape index (κ1) is 18.3. The summed E-state index contributed by atoms with van der Waals surface area (Å²) in [4.78, 5) is 12.0. The first-order chi connectivity index (χ1) is 10.7. The lowest BCUT2D eigenvalue weighted by Gasteiger charge is -2.10. The highest BCUT2D eigenvalue weighted by molar-refractivity contribution is 5.95. The van der Waals surface area contributed by atoms with Gasteiger partial charge in [-0.3, -0.25) is 4.79 Å². The van der Waals surface area contributed by atoms with Crippen LogP contribution in [0.25, 0.3) is 0 Å². The summed E-state index contributed by atoms with van der Waals surface area (Å²) in [7, 11) is 0. The molecule has 0 spiro atoms. The standard InChI is InChI=1S/C17H28N2O3/c1-3-5-6-12-22-16-9-8-14(13-15(16)18)17(20)19-10-7-11-21-4-2/h8-9,13H,3-7,10-12,18H2,1-2H3,(H,19,20). The number of carbonyl (C=O) groups excluding carboxylic acids is 1. The lowest BCUT2D eigenvalue weighted by Crippen LogP contribution is -2.25. The van der Waals surface area contributed by atoms with Gasteiger partial charge in [0, 0.05) is 25.3 Å². The molecule has 22 heavy (non-hydrogen) atoms. The highest BCUT2D eigenvalue weighted by Crippen LogP contribution is 2.22. The predicted octanol–water partition coefficient (Wildman–Crippen LogP) is 2.99. The summed E-state index contributed by atoms with van der Waals surface area (Å²) in [6.07, 6.45) is 4.11. The molecule has 1 amide bonds. The van der Waals surface area contributed by atoms with Crippen molar-refractivity contribution >= 4 is 11.6 Å². The van der Waals surface area contributed by atoms with E-state index < -0.39 is 0 Å². The smallest absolute Gasteiger partial charge is 0.251 e. The minimum atomic E-state index is -0.124. The van der Waals surface area contributed by atoms with E-state index in [0.29, 0.717) is 43.4 Å². The number of nitrogen functional groups attached to an aromatic ring is 1. The van der Waals surface area contributed by atoms with Crippen LogP contribution in [0, 0.1) is 0 Å². The highest BCUT2D eigenvalue weighted by Gasteiger charge is 2.08. The van der Waals surface area contributed by atoms with E-state index >= 15 is 0 Å². The molecule has 0 heterocycles. The zero-order valence-electron chi connectivity index (χ0n) is 13.7.